The van der Waals surface area contributed by atoms with Crippen LogP contribution in [-0.2, 0) is 4.79 Å². The molecule has 1 amide bonds. The molecule has 8 nitrogen and oxygen atoms in total. The van der Waals surface area contributed by atoms with Crippen molar-refractivity contribution in [1.29, 1.82) is 5.26 Å². The molecule has 0 saturated heterocycles. The number of benzene rings is 1. The summed E-state index contributed by atoms with van der Waals surface area (Å²) in [5.74, 6) is 0.464. The van der Waals surface area contributed by atoms with E-state index in [1.54, 1.807) is 14.0 Å². The zero-order valence-electron chi connectivity index (χ0n) is 15.5. The molecule has 0 unspecified atom stereocenters. The van der Waals surface area contributed by atoms with E-state index in [4.69, 9.17) is 4.74 Å². The summed E-state index contributed by atoms with van der Waals surface area (Å²) in [4.78, 5) is 12.3. The number of methoxy groups -OCH3 is 1. The molecule has 138 valence electrons. The van der Waals surface area contributed by atoms with Gasteiger partial charge in [-0.15, -0.1) is 5.10 Å². The number of amides is 1. The summed E-state index contributed by atoms with van der Waals surface area (Å²) >= 11 is 1.19. The molecule has 2 aromatic rings. The van der Waals surface area contributed by atoms with Crippen molar-refractivity contribution in [3.05, 3.63) is 23.8 Å². The van der Waals surface area contributed by atoms with Crippen molar-refractivity contribution < 1.29 is 9.53 Å². The number of aromatic nitrogens is 4. The lowest BCUT2D eigenvalue weighted by Gasteiger charge is -2.27. The van der Waals surface area contributed by atoms with Crippen molar-refractivity contribution in [2.75, 3.05) is 12.9 Å². The van der Waals surface area contributed by atoms with Gasteiger partial charge < -0.3 is 10.1 Å². The number of rotatable bonds is 7. The predicted octanol–water partition coefficient (Wildman–Crippen LogP) is 2.13. The summed E-state index contributed by atoms with van der Waals surface area (Å²) in [6, 6.07) is 7.84. The van der Waals surface area contributed by atoms with Crippen molar-refractivity contribution in [2.24, 2.45) is 5.92 Å². The second-order valence-electron chi connectivity index (χ2n) is 6.35. The van der Waals surface area contributed by atoms with Gasteiger partial charge in [-0.05, 0) is 47.9 Å². The highest BCUT2D eigenvalue weighted by atomic mass is 32.2. The smallest absolute Gasteiger partial charge is 0.231 e. The quantitative estimate of drug-likeness (QED) is 0.740. The molecule has 1 aromatic carbocycles. The minimum Gasteiger partial charge on any atom is -0.494 e. The molecule has 0 spiro atoms. The van der Waals surface area contributed by atoms with Gasteiger partial charge in [0.15, 0.2) is 0 Å². The third-order valence-corrected chi connectivity index (χ3v) is 5.04. The van der Waals surface area contributed by atoms with Crippen LogP contribution < -0.4 is 10.1 Å². The standard InChI is InChI=1S/C17H22N6O2S/c1-11(2)17(4,10-18)19-15(24)9-26-16-20-21-22-23(16)13-8-12(3)6-7-14(13)25-5/h6-8,11H,9H2,1-5H3,(H,19,24)/t17-/m0/s1. The molecule has 1 atom stereocenters. The number of nitriles is 1. The first-order valence-electron chi connectivity index (χ1n) is 8.09. The van der Waals surface area contributed by atoms with Crippen LogP contribution in [0.15, 0.2) is 23.4 Å². The van der Waals surface area contributed by atoms with Crippen LogP contribution >= 0.6 is 11.8 Å². The van der Waals surface area contributed by atoms with Crippen LogP contribution in [0.1, 0.15) is 26.3 Å². The SMILES string of the molecule is COc1ccc(C)cc1-n1nnnc1SCC(=O)N[C@@](C)(C#N)C(C)C. The molecule has 1 aromatic heterocycles. The Hall–Kier alpha value is -2.60. The number of carbonyl (C=O) groups excluding carboxylic acids is 1. The monoisotopic (exact) mass is 374 g/mol. The second kappa shape index (κ2) is 8.19. The molecule has 0 aliphatic rings. The average Bonchev–Trinajstić information content (AvgIpc) is 3.08. The first-order valence-corrected chi connectivity index (χ1v) is 9.07. The number of thioether (sulfide) groups is 1. The molecule has 26 heavy (non-hydrogen) atoms. The van der Waals surface area contributed by atoms with Gasteiger partial charge in [0.2, 0.25) is 11.1 Å². The minimum absolute atomic E-state index is 0.0108. The Balaban J connectivity index is 2.14. The van der Waals surface area contributed by atoms with Crippen LogP contribution in [0.2, 0.25) is 0 Å². The largest absolute Gasteiger partial charge is 0.494 e. The Labute approximate surface area is 156 Å². The summed E-state index contributed by atoms with van der Waals surface area (Å²) < 4.78 is 6.91. The summed E-state index contributed by atoms with van der Waals surface area (Å²) in [7, 11) is 1.58. The fourth-order valence-corrected chi connectivity index (χ4v) is 2.83. The highest BCUT2D eigenvalue weighted by Crippen LogP contribution is 2.27. The molecule has 1 N–H and O–H groups in total. The van der Waals surface area contributed by atoms with E-state index in [9.17, 15) is 10.1 Å². The van der Waals surface area contributed by atoms with Gasteiger partial charge in [-0.2, -0.15) is 9.94 Å². The maximum atomic E-state index is 12.3. The number of aryl methyl sites for hydroxylation is 1. The third-order valence-electron chi connectivity index (χ3n) is 4.12. The summed E-state index contributed by atoms with van der Waals surface area (Å²) in [5.41, 5.74) is 0.819. The first-order chi connectivity index (χ1) is 12.3. The van der Waals surface area contributed by atoms with Gasteiger partial charge in [-0.1, -0.05) is 31.7 Å². The lowest BCUT2D eigenvalue weighted by atomic mass is 9.90. The highest BCUT2D eigenvalue weighted by molar-refractivity contribution is 7.99. The maximum absolute atomic E-state index is 12.3. The van der Waals surface area contributed by atoms with Crippen molar-refractivity contribution in [3.8, 4) is 17.5 Å². The molecule has 0 radical (unpaired) electrons. The van der Waals surface area contributed by atoms with Crippen LogP contribution in [0, 0.1) is 24.2 Å². The van der Waals surface area contributed by atoms with Crippen LogP contribution in [-0.4, -0.2) is 44.5 Å². The van der Waals surface area contributed by atoms with E-state index in [0.717, 1.165) is 5.56 Å². The van der Waals surface area contributed by atoms with Crippen LogP contribution in [0.3, 0.4) is 0 Å². The van der Waals surface area contributed by atoms with Gasteiger partial charge in [0.05, 0.1) is 18.9 Å². The Kier molecular flexibility index (Phi) is 6.21. The molecule has 2 rings (SSSR count). The molecule has 0 bridgehead atoms. The number of hydrogen-bond donors (Lipinski definition) is 1. The molecule has 9 heteroatoms. The van der Waals surface area contributed by atoms with E-state index in [2.05, 4.69) is 26.9 Å². The van der Waals surface area contributed by atoms with Crippen LogP contribution in [0.5, 0.6) is 5.75 Å². The highest BCUT2D eigenvalue weighted by Gasteiger charge is 2.30. The molecule has 0 saturated carbocycles. The molecule has 1 heterocycles. The van der Waals surface area contributed by atoms with E-state index in [-0.39, 0.29) is 17.6 Å². The third kappa shape index (κ3) is 4.32. The number of tetrazole rings is 1. The Morgan fingerprint density at radius 2 is 2.23 bits per heavy atom. The van der Waals surface area contributed by atoms with E-state index >= 15 is 0 Å². The number of carbonyl (C=O) groups is 1. The van der Waals surface area contributed by atoms with Crippen molar-refractivity contribution in [1.82, 2.24) is 25.5 Å². The Bertz CT molecular complexity index is 829. The summed E-state index contributed by atoms with van der Waals surface area (Å²) in [5, 5.41) is 24.2. The van der Waals surface area contributed by atoms with Crippen LogP contribution in [0.4, 0.5) is 0 Å². The fourth-order valence-electron chi connectivity index (χ4n) is 2.14. The van der Waals surface area contributed by atoms with E-state index in [0.29, 0.717) is 16.6 Å². The zero-order chi connectivity index (χ0) is 19.3. The minimum atomic E-state index is -0.913. The second-order valence-corrected chi connectivity index (χ2v) is 7.30. The molecule has 0 aliphatic heterocycles. The van der Waals surface area contributed by atoms with Crippen molar-refractivity contribution in [2.45, 2.75) is 38.4 Å². The van der Waals surface area contributed by atoms with E-state index in [1.165, 1.54) is 16.4 Å². The normalized spacial score (nSPS) is 13.1. The Morgan fingerprint density at radius 3 is 2.85 bits per heavy atom. The molecular formula is C17H22N6O2S. The lowest BCUT2D eigenvalue weighted by molar-refractivity contribution is -0.120. The lowest BCUT2D eigenvalue weighted by Crippen LogP contribution is -2.49. The summed E-state index contributed by atoms with van der Waals surface area (Å²) in [6.45, 7) is 7.45. The van der Waals surface area contributed by atoms with Gasteiger partial charge in [0.25, 0.3) is 0 Å². The van der Waals surface area contributed by atoms with Crippen LogP contribution in [0.25, 0.3) is 5.69 Å². The van der Waals surface area contributed by atoms with Gasteiger partial charge in [0, 0.05) is 0 Å². The van der Waals surface area contributed by atoms with Gasteiger partial charge in [-0.25, -0.2) is 0 Å². The van der Waals surface area contributed by atoms with Gasteiger partial charge in [0.1, 0.15) is 17.0 Å². The van der Waals surface area contributed by atoms with Gasteiger partial charge >= 0.3 is 0 Å². The molecular weight excluding hydrogens is 352 g/mol. The summed E-state index contributed by atoms with van der Waals surface area (Å²) in [6.07, 6.45) is 0. The van der Waals surface area contributed by atoms with E-state index < -0.39 is 5.54 Å². The van der Waals surface area contributed by atoms with Crippen molar-refractivity contribution in [3.63, 3.8) is 0 Å². The van der Waals surface area contributed by atoms with Gasteiger partial charge in [-0.3, -0.25) is 4.79 Å². The topological polar surface area (TPSA) is 106 Å². The fraction of sp³-hybridized carbons (Fsp3) is 0.471. The average molecular weight is 374 g/mol. The predicted molar refractivity (Wildman–Crippen MR) is 98.2 cm³/mol. The first kappa shape index (κ1) is 19.7. The number of ether oxygens (including phenoxy) is 1. The maximum Gasteiger partial charge on any atom is 0.231 e. The molecule has 0 fully saturated rings. The number of nitrogens with one attached hydrogen (secondary N) is 1. The zero-order valence-corrected chi connectivity index (χ0v) is 16.3. The Morgan fingerprint density at radius 1 is 1.50 bits per heavy atom. The van der Waals surface area contributed by atoms with E-state index in [1.807, 2.05) is 39.0 Å². The number of nitrogens with zero attached hydrogens (tertiary/aromatic N) is 5. The number of hydrogen-bond acceptors (Lipinski definition) is 7. The van der Waals surface area contributed by atoms with Crippen molar-refractivity contribution >= 4 is 17.7 Å². The molecule has 0 aliphatic carbocycles.